The van der Waals surface area contributed by atoms with Crippen LogP contribution in [0.3, 0.4) is 0 Å². The Kier molecular flexibility index (Phi) is 6.03. The Morgan fingerprint density at radius 3 is 1.83 bits per heavy atom. The molecule has 68 valence electrons. The second-order valence-corrected chi connectivity index (χ2v) is 3.13. The van der Waals surface area contributed by atoms with Crippen molar-refractivity contribution in [3.05, 3.63) is 12.2 Å². The normalized spacial score (nSPS) is 15.2. The summed E-state index contributed by atoms with van der Waals surface area (Å²) in [7, 11) is 0. The van der Waals surface area contributed by atoms with Gasteiger partial charge < -0.3 is 0 Å². The van der Waals surface area contributed by atoms with Crippen LogP contribution in [-0.2, 0) is 9.59 Å². The van der Waals surface area contributed by atoms with Gasteiger partial charge >= 0.3 is 0 Å². The van der Waals surface area contributed by atoms with Crippen LogP contribution in [0, 0.1) is 5.92 Å². The molecule has 0 saturated heterocycles. The van der Waals surface area contributed by atoms with Crippen LogP contribution in [0.25, 0.3) is 0 Å². The van der Waals surface area contributed by atoms with Crippen LogP contribution in [0.5, 0.6) is 0 Å². The van der Waals surface area contributed by atoms with Crippen LogP contribution in [0.4, 0.5) is 0 Å². The highest BCUT2D eigenvalue weighted by Gasteiger charge is 2.27. The summed E-state index contributed by atoms with van der Waals surface area (Å²) in [5, 5.41) is -0.576. The minimum absolute atomic E-state index is 0.157. The Labute approximate surface area is 81.5 Å². The van der Waals surface area contributed by atoms with Gasteiger partial charge in [0.1, 0.15) is 0 Å². The van der Waals surface area contributed by atoms with E-state index in [0.29, 0.717) is 0 Å². The lowest BCUT2D eigenvalue weighted by molar-refractivity contribution is -0.112. The van der Waals surface area contributed by atoms with Gasteiger partial charge in [0.25, 0.3) is 0 Å². The molecule has 0 bridgehead atoms. The van der Waals surface area contributed by atoms with Gasteiger partial charge in [-0.05, 0) is 49.0 Å². The molecule has 0 aromatic heterocycles. The summed E-state index contributed by atoms with van der Waals surface area (Å²) in [6.45, 7) is 1.74. The molecule has 1 rings (SSSR count). The van der Waals surface area contributed by atoms with E-state index in [9.17, 15) is 9.59 Å². The summed E-state index contributed by atoms with van der Waals surface area (Å²) in [6.07, 6.45) is 4.92. The molecule has 0 aromatic carbocycles. The van der Waals surface area contributed by atoms with Crippen LogP contribution in [-0.4, -0.2) is 10.5 Å². The number of carbonyl (C=O) groups excluding carboxylic acids is 2. The molecule has 0 spiro atoms. The molecular weight excluding hydrogens is 199 g/mol. The fraction of sp³-hybridized carbons (Fsp3) is 0.500. The lowest BCUT2D eigenvalue weighted by Gasteiger charge is -1.72. The van der Waals surface area contributed by atoms with Gasteiger partial charge in [-0.1, -0.05) is 6.08 Å². The molecule has 0 N–H and O–H groups in total. The maximum atomic E-state index is 9.97. The molecule has 0 heterocycles. The Morgan fingerprint density at radius 1 is 1.33 bits per heavy atom. The van der Waals surface area contributed by atoms with Crippen LogP contribution < -0.4 is 0 Å². The second kappa shape index (κ2) is 6.21. The number of halogens is 2. The summed E-state index contributed by atoms with van der Waals surface area (Å²) in [5.41, 5.74) is 0. The van der Waals surface area contributed by atoms with Crippen molar-refractivity contribution in [1.82, 2.24) is 0 Å². The van der Waals surface area contributed by atoms with Gasteiger partial charge in [0, 0.05) is 5.92 Å². The molecule has 4 heteroatoms. The number of hydrogen-bond donors (Lipinski definition) is 0. The van der Waals surface area contributed by atoms with E-state index in [-0.39, 0.29) is 11.2 Å². The van der Waals surface area contributed by atoms with Gasteiger partial charge in [-0.25, -0.2) is 0 Å². The first kappa shape index (κ1) is 11.7. The predicted octanol–water partition coefficient (Wildman–Crippen LogP) is 2.49. The first-order chi connectivity index (χ1) is 5.57. The standard InChI is InChI=1S/2C4H5ClO/c5-4(6)3-1-2-3;1-2-3-4(5)6/h3H,1-2H2;2-3H,1H3/b;3-2+. The number of rotatable bonds is 2. The van der Waals surface area contributed by atoms with Crippen molar-refractivity contribution in [2.24, 2.45) is 5.92 Å². The molecule has 12 heavy (non-hydrogen) atoms. The Balaban J connectivity index is 0.000000202. The van der Waals surface area contributed by atoms with Crippen molar-refractivity contribution in [1.29, 1.82) is 0 Å². The van der Waals surface area contributed by atoms with Crippen molar-refractivity contribution in [3.63, 3.8) is 0 Å². The monoisotopic (exact) mass is 208 g/mol. The Bertz CT molecular complexity index is 195. The van der Waals surface area contributed by atoms with E-state index < -0.39 is 5.24 Å². The third-order valence-electron chi connectivity index (χ3n) is 1.20. The maximum Gasteiger partial charge on any atom is 0.244 e. The molecule has 0 aromatic rings. The third kappa shape index (κ3) is 7.76. The van der Waals surface area contributed by atoms with Crippen LogP contribution in [0.15, 0.2) is 12.2 Å². The molecule has 0 atom stereocenters. The van der Waals surface area contributed by atoms with E-state index in [1.807, 2.05) is 0 Å². The highest BCUT2D eigenvalue weighted by molar-refractivity contribution is 6.66. The summed E-state index contributed by atoms with van der Waals surface area (Å²) in [6, 6.07) is 0. The minimum atomic E-state index is -0.419. The summed E-state index contributed by atoms with van der Waals surface area (Å²) in [5.74, 6) is 0.228. The maximum absolute atomic E-state index is 9.97. The number of allylic oxidation sites excluding steroid dienone is 2. The van der Waals surface area contributed by atoms with Gasteiger partial charge in [-0.3, -0.25) is 9.59 Å². The molecule has 1 saturated carbocycles. The first-order valence-corrected chi connectivity index (χ1v) is 4.35. The number of carbonyl (C=O) groups is 2. The zero-order valence-electron chi connectivity index (χ0n) is 6.72. The first-order valence-electron chi connectivity index (χ1n) is 3.59. The number of hydrogen-bond acceptors (Lipinski definition) is 2. The largest absolute Gasteiger partial charge is 0.281 e. The summed E-state index contributed by atoms with van der Waals surface area (Å²) < 4.78 is 0. The van der Waals surface area contributed by atoms with Crippen molar-refractivity contribution >= 4 is 33.7 Å². The highest BCUT2D eigenvalue weighted by Crippen LogP contribution is 2.30. The average Bonchev–Trinajstić information content (AvgIpc) is 2.67. The van der Waals surface area contributed by atoms with Crippen molar-refractivity contribution < 1.29 is 9.59 Å². The molecule has 0 aliphatic heterocycles. The van der Waals surface area contributed by atoms with Crippen LogP contribution in [0.2, 0.25) is 0 Å². The Morgan fingerprint density at radius 2 is 1.83 bits per heavy atom. The topological polar surface area (TPSA) is 34.1 Å². The van der Waals surface area contributed by atoms with Crippen LogP contribution >= 0.6 is 23.2 Å². The third-order valence-corrected chi connectivity index (χ3v) is 1.63. The molecule has 2 nitrogen and oxygen atoms in total. The highest BCUT2D eigenvalue weighted by atomic mass is 35.5. The van der Waals surface area contributed by atoms with E-state index in [1.54, 1.807) is 13.0 Å². The van der Waals surface area contributed by atoms with Gasteiger partial charge in [0.15, 0.2) is 0 Å². The molecule has 0 unspecified atom stereocenters. The van der Waals surface area contributed by atoms with E-state index in [4.69, 9.17) is 23.2 Å². The fourth-order valence-electron chi connectivity index (χ4n) is 0.441. The smallest absolute Gasteiger partial charge is 0.244 e. The fourth-order valence-corrected chi connectivity index (χ4v) is 0.786. The zero-order valence-corrected chi connectivity index (χ0v) is 8.23. The Hall–Kier alpha value is -0.340. The van der Waals surface area contributed by atoms with Gasteiger partial charge in [-0.15, -0.1) is 0 Å². The zero-order chi connectivity index (χ0) is 9.56. The molecular formula is C8H10Cl2O2. The lowest BCUT2D eigenvalue weighted by Crippen LogP contribution is -1.83. The van der Waals surface area contributed by atoms with Crippen molar-refractivity contribution in [2.45, 2.75) is 19.8 Å². The predicted molar refractivity (Wildman–Crippen MR) is 49.3 cm³/mol. The SMILES string of the molecule is C/C=C/C(=O)Cl.O=C(Cl)C1CC1. The molecule has 0 radical (unpaired) electrons. The van der Waals surface area contributed by atoms with Crippen LogP contribution in [0.1, 0.15) is 19.8 Å². The minimum Gasteiger partial charge on any atom is -0.281 e. The van der Waals surface area contributed by atoms with Crippen molar-refractivity contribution in [2.75, 3.05) is 0 Å². The van der Waals surface area contributed by atoms with E-state index in [1.165, 1.54) is 6.08 Å². The van der Waals surface area contributed by atoms with E-state index in [0.717, 1.165) is 12.8 Å². The quantitative estimate of drug-likeness (QED) is 0.517. The van der Waals surface area contributed by atoms with Gasteiger partial charge in [-0.2, -0.15) is 0 Å². The summed E-state index contributed by atoms with van der Waals surface area (Å²) in [4.78, 5) is 19.7. The average molecular weight is 209 g/mol. The van der Waals surface area contributed by atoms with E-state index in [2.05, 4.69) is 0 Å². The molecule has 0 amide bonds. The molecule has 1 aliphatic carbocycles. The molecule has 1 fully saturated rings. The lowest BCUT2D eigenvalue weighted by atomic mass is 10.5. The van der Waals surface area contributed by atoms with Gasteiger partial charge in [0.2, 0.25) is 10.5 Å². The summed E-state index contributed by atoms with van der Waals surface area (Å²) >= 11 is 9.89. The molecule has 1 aliphatic rings. The van der Waals surface area contributed by atoms with Crippen molar-refractivity contribution in [3.8, 4) is 0 Å². The second-order valence-electron chi connectivity index (χ2n) is 2.38. The van der Waals surface area contributed by atoms with E-state index >= 15 is 0 Å². The van der Waals surface area contributed by atoms with Gasteiger partial charge in [0.05, 0.1) is 0 Å².